The van der Waals surface area contributed by atoms with Crippen molar-refractivity contribution >= 4 is 38.2 Å². The van der Waals surface area contributed by atoms with Gasteiger partial charge in [-0.05, 0) is 67.3 Å². The summed E-state index contributed by atoms with van der Waals surface area (Å²) in [6.45, 7) is 7.06. The van der Waals surface area contributed by atoms with E-state index in [4.69, 9.17) is 0 Å². The Morgan fingerprint density at radius 2 is 1.56 bits per heavy atom. The summed E-state index contributed by atoms with van der Waals surface area (Å²) in [5.41, 5.74) is 3.99. The van der Waals surface area contributed by atoms with Crippen LogP contribution in [0.1, 0.15) is 49.2 Å². The topological polar surface area (TPSA) is 87.5 Å². The number of carbonyl (C=O) groups excluding carboxylic acids is 1. The number of hydrogen-bond donors (Lipinski definition) is 1. The molecule has 0 saturated carbocycles. The Hall–Kier alpha value is -3.69. The maximum Gasteiger partial charge on any atom is 0.276 e. The Kier molecular flexibility index (Phi) is 7.99. The first kappa shape index (κ1) is 26.9. The molecule has 5 rings (SSSR count). The molecule has 0 spiro atoms. The first-order valence-corrected chi connectivity index (χ1v) is 15.1. The second-order valence-electron chi connectivity index (χ2n) is 9.81. The molecule has 9 heteroatoms. The van der Waals surface area contributed by atoms with Gasteiger partial charge in [-0.2, -0.15) is 9.40 Å². The van der Waals surface area contributed by atoms with Crippen LogP contribution in [0.15, 0.2) is 77.7 Å². The molecule has 1 fully saturated rings. The number of nitrogens with zero attached hydrogens (tertiary/aromatic N) is 4. The molecular weight excluding hydrogens is 510 g/mol. The number of carbonyl (C=O) groups is 1. The fourth-order valence-electron chi connectivity index (χ4n) is 5.17. The summed E-state index contributed by atoms with van der Waals surface area (Å²) < 4.78 is 28.9. The molecule has 1 aliphatic heterocycles. The highest BCUT2D eigenvalue weighted by Crippen LogP contribution is 2.24. The second kappa shape index (κ2) is 11.6. The summed E-state index contributed by atoms with van der Waals surface area (Å²) in [6, 6.07) is 22.5. The average Bonchev–Trinajstić information content (AvgIpc) is 3.33. The number of para-hydroxylation sites is 1. The van der Waals surface area contributed by atoms with Crippen molar-refractivity contribution in [3.8, 4) is 0 Å². The molecule has 0 unspecified atom stereocenters. The van der Waals surface area contributed by atoms with Gasteiger partial charge in [0.15, 0.2) is 5.69 Å². The predicted octanol–water partition coefficient (Wildman–Crippen LogP) is 5.36. The van der Waals surface area contributed by atoms with Crippen LogP contribution < -0.4 is 10.2 Å². The Morgan fingerprint density at radius 1 is 0.897 bits per heavy atom. The molecule has 8 nitrogen and oxygen atoms in total. The van der Waals surface area contributed by atoms with E-state index in [-0.39, 0.29) is 10.8 Å². The lowest BCUT2D eigenvalue weighted by Gasteiger charge is -2.28. The van der Waals surface area contributed by atoms with Gasteiger partial charge >= 0.3 is 0 Å². The third-order valence-electron chi connectivity index (χ3n) is 7.32. The van der Waals surface area contributed by atoms with Crippen molar-refractivity contribution in [1.29, 1.82) is 0 Å². The summed E-state index contributed by atoms with van der Waals surface area (Å²) in [5.74, 6) is -0.267. The quantitative estimate of drug-likeness (QED) is 0.306. The van der Waals surface area contributed by atoms with Crippen LogP contribution >= 0.6 is 0 Å². The number of benzene rings is 3. The molecule has 1 amide bonds. The molecule has 3 aromatic carbocycles. The zero-order valence-corrected chi connectivity index (χ0v) is 23.3. The van der Waals surface area contributed by atoms with E-state index in [0.29, 0.717) is 25.3 Å². The third-order valence-corrected chi connectivity index (χ3v) is 9.38. The molecule has 204 valence electrons. The van der Waals surface area contributed by atoms with Gasteiger partial charge < -0.3 is 10.2 Å². The standard InChI is InChI=1S/C30H35N5O3S/c1-3-34(4-2)39(37,38)26-18-12-23(13-19-26)22-35-28-11-7-6-10-27(28)29(32-35)30(36)31-24-14-16-25(17-15-24)33-20-8-5-9-21-33/h6-7,10-19H,3-5,8-9,20-22H2,1-2H3,(H,31,36). The number of aromatic nitrogens is 2. The smallest absolute Gasteiger partial charge is 0.276 e. The normalized spacial score (nSPS) is 14.2. The first-order chi connectivity index (χ1) is 18.9. The molecule has 4 aromatic rings. The predicted molar refractivity (Wildman–Crippen MR) is 156 cm³/mol. The molecule has 0 bridgehead atoms. The zero-order valence-electron chi connectivity index (χ0n) is 22.5. The fraction of sp³-hybridized carbons (Fsp3) is 0.333. The molecule has 1 aromatic heterocycles. The van der Waals surface area contributed by atoms with E-state index < -0.39 is 10.0 Å². The monoisotopic (exact) mass is 545 g/mol. The average molecular weight is 546 g/mol. The van der Waals surface area contributed by atoms with Crippen molar-refractivity contribution in [1.82, 2.24) is 14.1 Å². The van der Waals surface area contributed by atoms with Gasteiger partial charge in [-0.1, -0.05) is 44.2 Å². The Bertz CT molecular complexity index is 1540. The van der Waals surface area contributed by atoms with Gasteiger partial charge in [0.25, 0.3) is 5.91 Å². The maximum absolute atomic E-state index is 13.3. The van der Waals surface area contributed by atoms with Crippen LogP contribution in [0.5, 0.6) is 0 Å². The van der Waals surface area contributed by atoms with Crippen molar-refractivity contribution in [2.45, 2.75) is 44.6 Å². The van der Waals surface area contributed by atoms with E-state index in [0.717, 1.165) is 35.2 Å². The SMILES string of the molecule is CCN(CC)S(=O)(=O)c1ccc(Cn2nc(C(=O)Nc3ccc(N4CCCCC4)cc3)c3ccccc32)cc1. The number of fused-ring (bicyclic) bond motifs is 1. The van der Waals surface area contributed by atoms with E-state index in [9.17, 15) is 13.2 Å². The molecule has 2 heterocycles. The van der Waals surface area contributed by atoms with Crippen LogP contribution in [0.3, 0.4) is 0 Å². The minimum absolute atomic E-state index is 0.267. The number of rotatable bonds is 9. The number of nitrogens with one attached hydrogen (secondary N) is 1. The minimum atomic E-state index is -3.52. The van der Waals surface area contributed by atoms with Gasteiger partial charge in [0.2, 0.25) is 10.0 Å². The Labute approximate surface area is 230 Å². The van der Waals surface area contributed by atoms with Crippen LogP contribution in [0.4, 0.5) is 11.4 Å². The van der Waals surface area contributed by atoms with E-state index in [1.165, 1.54) is 29.3 Å². The highest BCUT2D eigenvalue weighted by molar-refractivity contribution is 7.89. The molecule has 0 aliphatic carbocycles. The van der Waals surface area contributed by atoms with E-state index in [1.807, 2.05) is 50.2 Å². The zero-order chi connectivity index (χ0) is 27.4. The van der Waals surface area contributed by atoms with Gasteiger partial charge in [-0.15, -0.1) is 0 Å². The van der Waals surface area contributed by atoms with Gasteiger partial charge in [0, 0.05) is 42.9 Å². The molecule has 0 atom stereocenters. The highest BCUT2D eigenvalue weighted by atomic mass is 32.2. The molecule has 1 aliphatic rings. The summed E-state index contributed by atoms with van der Waals surface area (Å²) in [4.78, 5) is 15.9. The van der Waals surface area contributed by atoms with Crippen LogP contribution in [0.2, 0.25) is 0 Å². The maximum atomic E-state index is 13.3. The minimum Gasteiger partial charge on any atom is -0.372 e. The molecule has 39 heavy (non-hydrogen) atoms. The van der Waals surface area contributed by atoms with Gasteiger partial charge in [0.1, 0.15) is 0 Å². The Balaban J connectivity index is 1.34. The van der Waals surface area contributed by atoms with Gasteiger partial charge in [-0.25, -0.2) is 8.42 Å². The van der Waals surface area contributed by atoms with Crippen LogP contribution in [0, 0.1) is 0 Å². The van der Waals surface area contributed by atoms with Crippen molar-refractivity contribution in [2.75, 3.05) is 36.4 Å². The lowest BCUT2D eigenvalue weighted by molar-refractivity contribution is 0.102. The van der Waals surface area contributed by atoms with Gasteiger partial charge in [-0.3, -0.25) is 9.48 Å². The number of anilines is 2. The highest BCUT2D eigenvalue weighted by Gasteiger charge is 2.22. The summed E-state index contributed by atoms with van der Waals surface area (Å²) in [7, 11) is -3.52. The van der Waals surface area contributed by atoms with E-state index in [2.05, 4.69) is 27.4 Å². The Morgan fingerprint density at radius 3 is 2.23 bits per heavy atom. The van der Waals surface area contributed by atoms with Crippen molar-refractivity contribution in [3.63, 3.8) is 0 Å². The molecule has 1 saturated heterocycles. The van der Waals surface area contributed by atoms with Gasteiger partial charge in [0.05, 0.1) is 17.0 Å². The van der Waals surface area contributed by atoms with Crippen molar-refractivity contribution in [3.05, 3.63) is 84.1 Å². The molecule has 1 N–H and O–H groups in total. The lowest BCUT2D eigenvalue weighted by Crippen LogP contribution is -2.30. The lowest BCUT2D eigenvalue weighted by atomic mass is 10.1. The molecule has 0 radical (unpaired) electrons. The summed E-state index contributed by atoms with van der Waals surface area (Å²) >= 11 is 0. The summed E-state index contributed by atoms with van der Waals surface area (Å²) in [6.07, 6.45) is 3.72. The van der Waals surface area contributed by atoms with E-state index >= 15 is 0 Å². The fourth-order valence-corrected chi connectivity index (χ4v) is 6.62. The number of sulfonamides is 1. The van der Waals surface area contributed by atoms with E-state index in [1.54, 1.807) is 28.9 Å². The van der Waals surface area contributed by atoms with Crippen LogP contribution in [-0.4, -0.2) is 54.6 Å². The third kappa shape index (κ3) is 5.69. The van der Waals surface area contributed by atoms with Crippen LogP contribution in [-0.2, 0) is 16.6 Å². The summed E-state index contributed by atoms with van der Waals surface area (Å²) in [5, 5.41) is 8.43. The largest absolute Gasteiger partial charge is 0.372 e. The van der Waals surface area contributed by atoms with Crippen molar-refractivity contribution < 1.29 is 13.2 Å². The second-order valence-corrected chi connectivity index (χ2v) is 11.7. The number of piperidine rings is 1. The number of hydrogen-bond acceptors (Lipinski definition) is 5. The first-order valence-electron chi connectivity index (χ1n) is 13.6. The van der Waals surface area contributed by atoms with Crippen molar-refractivity contribution in [2.24, 2.45) is 0 Å². The van der Waals surface area contributed by atoms with Crippen LogP contribution in [0.25, 0.3) is 10.9 Å². The number of amides is 1. The molecular formula is C30H35N5O3S.